The van der Waals surface area contributed by atoms with Crippen LogP contribution < -0.4 is 5.32 Å². The van der Waals surface area contributed by atoms with Crippen LogP contribution in [0.2, 0.25) is 0 Å². The van der Waals surface area contributed by atoms with E-state index in [-0.39, 0.29) is 0 Å². The fraction of sp³-hybridized carbons (Fsp3) is 0.800. The molecule has 4 heteroatoms. The average Bonchev–Trinajstić information content (AvgIpc) is 2.92. The zero-order chi connectivity index (χ0) is 13.2. The number of nitrogens with zero attached hydrogens (tertiary/aromatic N) is 3. The summed E-state index contributed by atoms with van der Waals surface area (Å²) in [5, 5.41) is 3.65. The van der Waals surface area contributed by atoms with Gasteiger partial charge in [0, 0.05) is 30.9 Å². The van der Waals surface area contributed by atoms with E-state index in [1.807, 2.05) is 6.33 Å². The molecule has 2 aliphatic heterocycles. The van der Waals surface area contributed by atoms with Crippen LogP contribution in [-0.4, -0.2) is 40.6 Å². The van der Waals surface area contributed by atoms with Gasteiger partial charge in [0.05, 0.1) is 12.0 Å². The fourth-order valence-electron chi connectivity index (χ4n) is 3.51. The van der Waals surface area contributed by atoms with E-state index < -0.39 is 0 Å². The molecular weight excluding hydrogens is 236 g/mol. The molecule has 0 amide bonds. The van der Waals surface area contributed by atoms with E-state index in [4.69, 9.17) is 0 Å². The number of nitrogens with one attached hydrogen (secondary N) is 1. The van der Waals surface area contributed by atoms with E-state index in [9.17, 15) is 0 Å². The second-order valence-corrected chi connectivity index (χ2v) is 6.24. The summed E-state index contributed by atoms with van der Waals surface area (Å²) in [5.74, 6) is 0. The number of rotatable bonds is 2. The number of hydrogen-bond acceptors (Lipinski definition) is 3. The Morgan fingerprint density at radius 2 is 2.21 bits per heavy atom. The molecule has 0 spiro atoms. The van der Waals surface area contributed by atoms with Crippen LogP contribution in [-0.2, 0) is 0 Å². The third-order valence-electron chi connectivity index (χ3n) is 4.94. The Bertz CT molecular complexity index is 408. The maximum Gasteiger partial charge on any atom is 0.0951 e. The van der Waals surface area contributed by atoms with Crippen molar-refractivity contribution in [1.82, 2.24) is 19.8 Å². The maximum atomic E-state index is 4.43. The zero-order valence-electron chi connectivity index (χ0n) is 12.2. The van der Waals surface area contributed by atoms with Crippen LogP contribution in [0.5, 0.6) is 0 Å². The Morgan fingerprint density at radius 1 is 1.32 bits per heavy atom. The highest BCUT2D eigenvalue weighted by molar-refractivity contribution is 5.08. The average molecular weight is 262 g/mol. The lowest BCUT2D eigenvalue weighted by molar-refractivity contribution is 0.154. The van der Waals surface area contributed by atoms with Crippen LogP contribution >= 0.6 is 0 Å². The molecule has 0 bridgehead atoms. The minimum Gasteiger partial charge on any atom is -0.330 e. The number of piperidine rings is 2. The Morgan fingerprint density at radius 3 is 2.95 bits per heavy atom. The lowest BCUT2D eigenvalue weighted by atomic mass is 9.97. The van der Waals surface area contributed by atoms with Crippen LogP contribution in [0.15, 0.2) is 12.5 Å². The van der Waals surface area contributed by atoms with Gasteiger partial charge in [-0.1, -0.05) is 6.42 Å². The van der Waals surface area contributed by atoms with Crippen molar-refractivity contribution in [2.75, 3.05) is 20.1 Å². The molecule has 0 aliphatic carbocycles. The second-order valence-electron chi connectivity index (χ2n) is 6.24. The first-order chi connectivity index (χ1) is 9.25. The van der Waals surface area contributed by atoms with Gasteiger partial charge in [0.15, 0.2) is 0 Å². The van der Waals surface area contributed by atoms with E-state index in [0.717, 1.165) is 6.54 Å². The highest BCUT2D eigenvalue weighted by atomic mass is 15.2. The van der Waals surface area contributed by atoms with Crippen LogP contribution in [0.1, 0.15) is 56.8 Å². The Balaban J connectivity index is 1.76. The Labute approximate surface area is 116 Å². The molecule has 0 aromatic carbocycles. The van der Waals surface area contributed by atoms with Crippen molar-refractivity contribution in [3.05, 3.63) is 18.2 Å². The Kier molecular flexibility index (Phi) is 3.89. The van der Waals surface area contributed by atoms with Gasteiger partial charge in [0.2, 0.25) is 0 Å². The summed E-state index contributed by atoms with van der Waals surface area (Å²) in [6, 6.07) is 1.83. The SMILES string of the molecule is CC1CC(n2cncc2C2CCCCN2)CCN1C. The van der Waals surface area contributed by atoms with Gasteiger partial charge in [0.25, 0.3) is 0 Å². The maximum absolute atomic E-state index is 4.43. The van der Waals surface area contributed by atoms with Gasteiger partial charge in [-0.15, -0.1) is 0 Å². The van der Waals surface area contributed by atoms with E-state index >= 15 is 0 Å². The van der Waals surface area contributed by atoms with Gasteiger partial charge in [0.1, 0.15) is 0 Å². The number of likely N-dealkylation sites (tertiary alicyclic amines) is 1. The predicted molar refractivity (Wildman–Crippen MR) is 77.2 cm³/mol. The van der Waals surface area contributed by atoms with Gasteiger partial charge in [-0.05, 0) is 46.2 Å². The molecule has 0 radical (unpaired) electrons. The topological polar surface area (TPSA) is 33.1 Å². The summed E-state index contributed by atoms with van der Waals surface area (Å²) in [6.45, 7) is 4.68. The first kappa shape index (κ1) is 13.1. The monoisotopic (exact) mass is 262 g/mol. The number of hydrogen-bond donors (Lipinski definition) is 1. The van der Waals surface area contributed by atoms with Crippen LogP contribution in [0.4, 0.5) is 0 Å². The molecule has 3 rings (SSSR count). The first-order valence-electron chi connectivity index (χ1n) is 7.71. The van der Waals surface area contributed by atoms with E-state index in [2.05, 4.69) is 39.9 Å². The molecule has 2 saturated heterocycles. The normalized spacial score (nSPS) is 33.5. The highest BCUT2D eigenvalue weighted by Gasteiger charge is 2.27. The summed E-state index contributed by atoms with van der Waals surface area (Å²) >= 11 is 0. The van der Waals surface area contributed by atoms with E-state index in [1.165, 1.54) is 44.3 Å². The van der Waals surface area contributed by atoms with Crippen LogP contribution in [0, 0.1) is 0 Å². The van der Waals surface area contributed by atoms with Crippen molar-refractivity contribution in [2.45, 2.75) is 57.2 Å². The molecule has 3 heterocycles. The molecule has 1 aromatic heterocycles. The lowest BCUT2D eigenvalue weighted by Crippen LogP contribution is -2.39. The number of aromatic nitrogens is 2. The lowest BCUT2D eigenvalue weighted by Gasteiger charge is -2.37. The van der Waals surface area contributed by atoms with Gasteiger partial charge in [-0.3, -0.25) is 0 Å². The molecule has 1 aromatic rings. The summed E-state index contributed by atoms with van der Waals surface area (Å²) in [4.78, 5) is 6.89. The largest absolute Gasteiger partial charge is 0.330 e. The molecule has 0 saturated carbocycles. The minimum atomic E-state index is 0.520. The van der Waals surface area contributed by atoms with E-state index in [0.29, 0.717) is 18.1 Å². The van der Waals surface area contributed by atoms with Crippen molar-refractivity contribution >= 4 is 0 Å². The minimum absolute atomic E-state index is 0.520. The zero-order valence-corrected chi connectivity index (χ0v) is 12.2. The van der Waals surface area contributed by atoms with Gasteiger partial charge < -0.3 is 14.8 Å². The van der Waals surface area contributed by atoms with Crippen molar-refractivity contribution in [3.63, 3.8) is 0 Å². The molecule has 19 heavy (non-hydrogen) atoms. The molecule has 3 atom stereocenters. The molecule has 4 nitrogen and oxygen atoms in total. The quantitative estimate of drug-likeness (QED) is 0.888. The molecule has 2 aliphatic rings. The van der Waals surface area contributed by atoms with E-state index in [1.54, 1.807) is 0 Å². The van der Waals surface area contributed by atoms with Gasteiger partial charge >= 0.3 is 0 Å². The second kappa shape index (κ2) is 5.63. The Hall–Kier alpha value is -0.870. The van der Waals surface area contributed by atoms with Crippen LogP contribution in [0.25, 0.3) is 0 Å². The van der Waals surface area contributed by atoms with Gasteiger partial charge in [-0.2, -0.15) is 0 Å². The standard InChI is InChI=1S/C15H26N4/c1-12-9-13(6-8-18(12)2)19-11-16-10-15(19)14-5-3-4-7-17-14/h10-14,17H,3-9H2,1-2H3. The highest BCUT2D eigenvalue weighted by Crippen LogP contribution is 2.31. The fourth-order valence-corrected chi connectivity index (χ4v) is 3.51. The molecule has 106 valence electrons. The molecule has 3 unspecified atom stereocenters. The third kappa shape index (κ3) is 2.70. The van der Waals surface area contributed by atoms with Crippen molar-refractivity contribution in [3.8, 4) is 0 Å². The van der Waals surface area contributed by atoms with Crippen LogP contribution in [0.3, 0.4) is 0 Å². The summed E-state index contributed by atoms with van der Waals surface area (Å²) in [6.07, 6.45) is 10.5. The first-order valence-corrected chi connectivity index (χ1v) is 7.71. The van der Waals surface area contributed by atoms with Crippen molar-refractivity contribution in [1.29, 1.82) is 0 Å². The summed E-state index contributed by atoms with van der Waals surface area (Å²) < 4.78 is 2.45. The van der Waals surface area contributed by atoms with Crippen molar-refractivity contribution in [2.24, 2.45) is 0 Å². The van der Waals surface area contributed by atoms with Crippen molar-refractivity contribution < 1.29 is 0 Å². The smallest absolute Gasteiger partial charge is 0.0951 e. The molecule has 1 N–H and O–H groups in total. The van der Waals surface area contributed by atoms with Gasteiger partial charge in [-0.25, -0.2) is 4.98 Å². The molecule has 2 fully saturated rings. The number of imidazole rings is 1. The summed E-state index contributed by atoms with van der Waals surface area (Å²) in [7, 11) is 2.23. The summed E-state index contributed by atoms with van der Waals surface area (Å²) in [5.41, 5.74) is 1.40. The molecular formula is C15H26N4. The third-order valence-corrected chi connectivity index (χ3v) is 4.94. The predicted octanol–water partition coefficient (Wildman–Crippen LogP) is 2.35.